The molecule has 7 nitrogen and oxygen atoms in total. The van der Waals surface area contributed by atoms with Crippen LogP contribution in [-0.4, -0.2) is 42.2 Å². The molecule has 162 valence electrons. The summed E-state index contributed by atoms with van der Waals surface area (Å²) in [6.45, 7) is 3.98. The number of nitrogens with one attached hydrogen (secondary N) is 3. The largest absolute Gasteiger partial charge is 0.362 e. The van der Waals surface area contributed by atoms with Gasteiger partial charge in [-0.15, -0.1) is 0 Å². The normalized spacial score (nSPS) is 18.6. The maximum atomic E-state index is 13.2. The van der Waals surface area contributed by atoms with Crippen LogP contribution in [0.15, 0.2) is 18.2 Å². The summed E-state index contributed by atoms with van der Waals surface area (Å²) in [7, 11) is 3.91. The Bertz CT molecular complexity index is 892. The molecule has 1 fully saturated rings. The van der Waals surface area contributed by atoms with Gasteiger partial charge in [-0.1, -0.05) is 0 Å². The van der Waals surface area contributed by atoms with E-state index >= 15 is 0 Å². The molecule has 0 saturated heterocycles. The van der Waals surface area contributed by atoms with Gasteiger partial charge in [0.2, 0.25) is 5.95 Å². The van der Waals surface area contributed by atoms with E-state index in [1.165, 1.54) is 0 Å². The molecule has 0 aliphatic heterocycles. The van der Waals surface area contributed by atoms with Crippen LogP contribution in [0, 0.1) is 25.5 Å². The Morgan fingerprint density at radius 3 is 2.20 bits per heavy atom. The third kappa shape index (κ3) is 5.55. The van der Waals surface area contributed by atoms with E-state index in [-0.39, 0.29) is 17.8 Å². The predicted octanol–water partition coefficient (Wildman–Crippen LogP) is 3.98. The molecule has 3 N–H and O–H groups in total. The van der Waals surface area contributed by atoms with Crippen LogP contribution in [0.5, 0.6) is 0 Å². The van der Waals surface area contributed by atoms with E-state index in [0.29, 0.717) is 5.95 Å². The number of hydrogen-bond acceptors (Lipinski definition) is 5. The summed E-state index contributed by atoms with van der Waals surface area (Å²) in [5.74, 6) is 0.0422. The Labute approximate surface area is 175 Å². The number of carbonyl (C=O) groups is 1. The third-order valence-electron chi connectivity index (χ3n) is 5.30. The molecule has 0 radical (unpaired) electrons. The smallest absolute Gasteiger partial charge is 0.319 e. The van der Waals surface area contributed by atoms with Crippen LogP contribution < -0.4 is 20.9 Å². The van der Waals surface area contributed by atoms with Crippen molar-refractivity contribution in [2.24, 2.45) is 0 Å². The average Bonchev–Trinajstić information content (AvgIpc) is 2.65. The Morgan fingerprint density at radius 2 is 1.60 bits per heavy atom. The monoisotopic (exact) mass is 418 g/mol. The van der Waals surface area contributed by atoms with Gasteiger partial charge in [-0.2, -0.15) is 4.98 Å². The maximum absolute atomic E-state index is 13.2. The summed E-state index contributed by atoms with van der Waals surface area (Å²) in [5.41, 5.74) is 2.09. The van der Waals surface area contributed by atoms with Gasteiger partial charge in [0, 0.05) is 49.2 Å². The fraction of sp³-hybridized carbons (Fsp3) is 0.476. The highest BCUT2D eigenvalue weighted by molar-refractivity contribution is 5.89. The molecule has 0 bridgehead atoms. The minimum absolute atomic E-state index is 0.000496. The van der Waals surface area contributed by atoms with Crippen molar-refractivity contribution in [3.05, 3.63) is 41.1 Å². The second-order valence-corrected chi connectivity index (χ2v) is 7.93. The number of nitrogens with zero attached hydrogens (tertiary/aromatic N) is 3. The Hall–Kier alpha value is -2.97. The number of rotatable bonds is 5. The van der Waals surface area contributed by atoms with Crippen LogP contribution >= 0.6 is 0 Å². The van der Waals surface area contributed by atoms with E-state index in [2.05, 4.69) is 25.9 Å². The molecule has 2 amide bonds. The van der Waals surface area contributed by atoms with E-state index in [9.17, 15) is 13.6 Å². The lowest BCUT2D eigenvalue weighted by Gasteiger charge is -2.30. The van der Waals surface area contributed by atoms with Crippen LogP contribution in [0.3, 0.4) is 0 Å². The molecule has 1 saturated carbocycles. The molecule has 1 aliphatic rings. The van der Waals surface area contributed by atoms with Gasteiger partial charge >= 0.3 is 6.03 Å². The minimum Gasteiger partial charge on any atom is -0.362 e. The molecule has 0 spiro atoms. The number of aromatic nitrogens is 2. The average molecular weight is 418 g/mol. The van der Waals surface area contributed by atoms with Crippen molar-refractivity contribution in [1.29, 1.82) is 0 Å². The SMILES string of the molecule is Cc1nc(NC2CCC(NC(=O)Nc3cc(F)cc(F)c3)CC2)nc(N(C)C)c1C. The quantitative estimate of drug-likeness (QED) is 0.684. The summed E-state index contributed by atoms with van der Waals surface area (Å²) in [5, 5.41) is 8.76. The molecule has 1 aromatic heterocycles. The van der Waals surface area contributed by atoms with Crippen LogP contribution in [0.25, 0.3) is 0 Å². The highest BCUT2D eigenvalue weighted by Crippen LogP contribution is 2.24. The van der Waals surface area contributed by atoms with Crippen molar-refractivity contribution in [3.8, 4) is 0 Å². The van der Waals surface area contributed by atoms with Gasteiger partial charge in [0.1, 0.15) is 17.5 Å². The second-order valence-electron chi connectivity index (χ2n) is 7.93. The zero-order chi connectivity index (χ0) is 21.8. The fourth-order valence-corrected chi connectivity index (χ4v) is 3.66. The van der Waals surface area contributed by atoms with Crippen molar-refractivity contribution in [1.82, 2.24) is 15.3 Å². The molecule has 1 heterocycles. The van der Waals surface area contributed by atoms with E-state index in [1.54, 1.807) is 0 Å². The molecular weight excluding hydrogens is 390 g/mol. The van der Waals surface area contributed by atoms with Gasteiger partial charge in [0.05, 0.1) is 0 Å². The minimum atomic E-state index is -0.733. The number of benzene rings is 1. The van der Waals surface area contributed by atoms with E-state index in [4.69, 9.17) is 0 Å². The van der Waals surface area contributed by atoms with Gasteiger partial charge in [0.25, 0.3) is 0 Å². The highest BCUT2D eigenvalue weighted by atomic mass is 19.1. The van der Waals surface area contributed by atoms with Crippen LogP contribution in [0.2, 0.25) is 0 Å². The van der Waals surface area contributed by atoms with Crippen LogP contribution in [0.1, 0.15) is 36.9 Å². The molecule has 2 aromatic rings. The van der Waals surface area contributed by atoms with Crippen molar-refractivity contribution >= 4 is 23.5 Å². The summed E-state index contributed by atoms with van der Waals surface area (Å²) in [6, 6.07) is 2.67. The third-order valence-corrected chi connectivity index (χ3v) is 5.30. The number of aryl methyl sites for hydroxylation is 1. The van der Waals surface area contributed by atoms with Gasteiger partial charge in [-0.3, -0.25) is 0 Å². The Kier molecular flexibility index (Phi) is 6.69. The lowest BCUT2D eigenvalue weighted by molar-refractivity contribution is 0.243. The van der Waals surface area contributed by atoms with Crippen molar-refractivity contribution in [2.45, 2.75) is 51.6 Å². The first kappa shape index (κ1) is 21.7. The summed E-state index contributed by atoms with van der Waals surface area (Å²) in [6.07, 6.45) is 3.28. The summed E-state index contributed by atoms with van der Waals surface area (Å²) in [4.78, 5) is 23.3. The highest BCUT2D eigenvalue weighted by Gasteiger charge is 2.23. The lowest BCUT2D eigenvalue weighted by atomic mass is 9.91. The molecular formula is C21H28F2N6O. The number of amides is 2. The van der Waals surface area contributed by atoms with Gasteiger partial charge in [0.15, 0.2) is 0 Å². The summed E-state index contributed by atoms with van der Waals surface area (Å²) < 4.78 is 26.5. The molecule has 1 aliphatic carbocycles. The number of carbonyl (C=O) groups excluding carboxylic acids is 1. The molecule has 3 rings (SSSR count). The van der Waals surface area contributed by atoms with E-state index in [0.717, 1.165) is 61.0 Å². The van der Waals surface area contributed by atoms with E-state index < -0.39 is 17.7 Å². The van der Waals surface area contributed by atoms with Crippen molar-refractivity contribution in [3.63, 3.8) is 0 Å². The molecule has 30 heavy (non-hydrogen) atoms. The number of hydrogen-bond donors (Lipinski definition) is 3. The Balaban J connectivity index is 1.51. The van der Waals surface area contributed by atoms with Crippen molar-refractivity contribution < 1.29 is 13.6 Å². The van der Waals surface area contributed by atoms with Gasteiger partial charge in [-0.25, -0.2) is 18.6 Å². The Morgan fingerprint density at radius 1 is 1.00 bits per heavy atom. The van der Waals surface area contributed by atoms with Crippen LogP contribution in [0.4, 0.5) is 31.0 Å². The van der Waals surface area contributed by atoms with Gasteiger partial charge in [-0.05, 0) is 51.7 Å². The second kappa shape index (κ2) is 9.23. The zero-order valence-electron chi connectivity index (χ0n) is 17.7. The zero-order valence-corrected chi connectivity index (χ0v) is 17.7. The molecule has 9 heteroatoms. The number of halogens is 2. The number of urea groups is 1. The van der Waals surface area contributed by atoms with Crippen molar-refractivity contribution in [2.75, 3.05) is 29.6 Å². The first-order chi connectivity index (χ1) is 14.2. The molecule has 0 unspecified atom stereocenters. The van der Waals surface area contributed by atoms with Crippen LogP contribution in [-0.2, 0) is 0 Å². The number of anilines is 3. The fourth-order valence-electron chi connectivity index (χ4n) is 3.66. The van der Waals surface area contributed by atoms with E-state index in [1.807, 2.05) is 32.8 Å². The first-order valence-electron chi connectivity index (χ1n) is 10.0. The topological polar surface area (TPSA) is 82.2 Å². The summed E-state index contributed by atoms with van der Waals surface area (Å²) >= 11 is 0. The molecule has 0 atom stereocenters. The first-order valence-corrected chi connectivity index (χ1v) is 10.0. The maximum Gasteiger partial charge on any atom is 0.319 e. The molecule has 1 aromatic carbocycles. The lowest BCUT2D eigenvalue weighted by Crippen LogP contribution is -2.42. The predicted molar refractivity (Wildman–Crippen MR) is 114 cm³/mol. The van der Waals surface area contributed by atoms with Gasteiger partial charge < -0.3 is 20.9 Å². The standard InChI is InChI=1S/C21H28F2N6O/c1-12-13(2)24-20(28-19(12)29(3)4)25-16-5-7-17(8-6-16)26-21(30)27-18-10-14(22)9-15(23)11-18/h9-11,16-17H,5-8H2,1-4H3,(H,24,25,28)(H2,26,27,30).